The first kappa shape index (κ1) is 36.8. The van der Waals surface area contributed by atoms with Crippen molar-refractivity contribution in [1.82, 2.24) is 0 Å². The quantitative estimate of drug-likeness (QED) is 0.123. The Labute approximate surface area is 347 Å². The monoisotopic (exact) mass is 760 g/mol. The van der Waals surface area contributed by atoms with Gasteiger partial charge in [-0.15, -0.1) is 0 Å². The van der Waals surface area contributed by atoms with Crippen LogP contribution in [0.3, 0.4) is 0 Å². The smallest absolute Gasteiger partial charge is 0.0511 e. The van der Waals surface area contributed by atoms with Crippen LogP contribution in [-0.2, 0) is 0 Å². The van der Waals surface area contributed by atoms with Crippen molar-refractivity contribution in [2.45, 2.75) is 6.92 Å². The van der Waals surface area contributed by atoms with Gasteiger partial charge in [0.2, 0.25) is 0 Å². The van der Waals surface area contributed by atoms with E-state index in [1.54, 1.807) is 0 Å². The van der Waals surface area contributed by atoms with E-state index >= 15 is 0 Å². The molecule has 0 aromatic heterocycles. The molecule has 0 aliphatic heterocycles. The predicted molar refractivity (Wildman–Crippen MR) is 250 cm³/mol. The van der Waals surface area contributed by atoms with Crippen LogP contribution in [0.5, 0.6) is 0 Å². The van der Waals surface area contributed by atoms with E-state index < -0.39 is 0 Å². The number of rotatable bonds is 12. The highest BCUT2D eigenvalue weighted by Crippen LogP contribution is 2.44. The molecule has 0 radical (unpaired) electrons. The molecule has 0 N–H and O–H groups in total. The summed E-state index contributed by atoms with van der Waals surface area (Å²) >= 11 is 0. The maximum Gasteiger partial charge on any atom is 0.0511 e. The van der Waals surface area contributed by atoms with Gasteiger partial charge in [-0.2, -0.15) is 0 Å². The summed E-state index contributed by atoms with van der Waals surface area (Å²) in [6.45, 7) is 2.19. The molecule has 9 rings (SSSR count). The Morgan fingerprint density at radius 1 is 0.203 bits per heavy atom. The summed E-state index contributed by atoms with van der Waals surface area (Å²) < 4.78 is 0. The summed E-state index contributed by atoms with van der Waals surface area (Å²) in [5, 5.41) is 0. The van der Waals surface area contributed by atoms with Gasteiger partial charge >= 0.3 is 0 Å². The van der Waals surface area contributed by atoms with Crippen LogP contribution in [0.4, 0.5) is 68.2 Å². The van der Waals surface area contributed by atoms with E-state index in [0.717, 1.165) is 68.2 Å². The third kappa shape index (κ3) is 7.93. The van der Waals surface area contributed by atoms with Crippen LogP contribution in [0.2, 0.25) is 0 Å². The normalized spacial score (nSPS) is 10.8. The average Bonchev–Trinajstić information content (AvgIpc) is 3.31. The molecule has 4 heteroatoms. The Balaban J connectivity index is 1.12. The Morgan fingerprint density at radius 3 is 0.695 bits per heavy atom. The minimum absolute atomic E-state index is 1.06. The maximum absolute atomic E-state index is 2.36. The molecule has 0 atom stereocenters. The van der Waals surface area contributed by atoms with E-state index in [4.69, 9.17) is 0 Å². The molecule has 284 valence electrons. The van der Waals surface area contributed by atoms with Gasteiger partial charge in [0.15, 0.2) is 0 Å². The SMILES string of the molecule is Cc1ccc(N(c2ccccc2)c2ccc(N(c3ccccc3)c3ccccc3)cc2)cc1N(c1ccccc1)c1ccc(N(c2ccccc2)c2ccccc2)cc1. The lowest BCUT2D eigenvalue weighted by Crippen LogP contribution is -2.15. The highest BCUT2D eigenvalue weighted by Gasteiger charge is 2.21. The zero-order valence-corrected chi connectivity index (χ0v) is 33.0. The van der Waals surface area contributed by atoms with Crippen molar-refractivity contribution in [2.75, 3.05) is 19.6 Å². The second-order valence-corrected chi connectivity index (χ2v) is 14.4. The second-order valence-electron chi connectivity index (χ2n) is 14.4. The molecule has 0 saturated carbocycles. The third-order valence-electron chi connectivity index (χ3n) is 10.5. The van der Waals surface area contributed by atoms with Crippen molar-refractivity contribution in [3.8, 4) is 0 Å². The van der Waals surface area contributed by atoms with E-state index in [9.17, 15) is 0 Å². The topological polar surface area (TPSA) is 13.0 Å². The average molecular weight is 761 g/mol. The van der Waals surface area contributed by atoms with E-state index in [1.807, 2.05) is 0 Å². The van der Waals surface area contributed by atoms with Crippen LogP contribution in [0.15, 0.2) is 249 Å². The molecule has 9 aromatic rings. The molecule has 0 fully saturated rings. The Hall–Kier alpha value is -7.82. The zero-order valence-electron chi connectivity index (χ0n) is 33.0. The molecule has 0 unspecified atom stereocenters. The summed E-state index contributed by atoms with van der Waals surface area (Å²) in [5.41, 5.74) is 14.2. The summed E-state index contributed by atoms with van der Waals surface area (Å²) in [6.07, 6.45) is 0. The molecule has 0 amide bonds. The van der Waals surface area contributed by atoms with Gasteiger partial charge in [0, 0.05) is 62.6 Å². The summed E-state index contributed by atoms with van der Waals surface area (Å²) in [6, 6.07) is 88.0. The predicted octanol–water partition coefficient (Wildman–Crippen LogP) is 15.9. The number of benzene rings is 9. The molecule has 0 spiro atoms. The number of hydrogen-bond acceptors (Lipinski definition) is 4. The van der Waals surface area contributed by atoms with Crippen LogP contribution in [0.1, 0.15) is 5.56 Å². The Bertz CT molecular complexity index is 2610. The highest BCUT2D eigenvalue weighted by molar-refractivity contribution is 5.87. The molecular weight excluding hydrogens is 717 g/mol. The molecule has 0 bridgehead atoms. The summed E-state index contributed by atoms with van der Waals surface area (Å²) in [5.74, 6) is 0. The first-order chi connectivity index (χ1) is 29.2. The van der Waals surface area contributed by atoms with Gasteiger partial charge in [0.05, 0.1) is 5.69 Å². The fourth-order valence-electron chi connectivity index (χ4n) is 7.71. The van der Waals surface area contributed by atoms with E-state index in [2.05, 4.69) is 275 Å². The van der Waals surface area contributed by atoms with E-state index in [1.165, 1.54) is 5.56 Å². The number of para-hydroxylation sites is 6. The van der Waals surface area contributed by atoms with Gasteiger partial charge < -0.3 is 19.6 Å². The number of nitrogens with zero attached hydrogens (tertiary/aromatic N) is 4. The second kappa shape index (κ2) is 17.1. The van der Waals surface area contributed by atoms with Crippen molar-refractivity contribution in [3.63, 3.8) is 0 Å². The standard InChI is InChI=1S/C55H44N4/c1-43-32-33-54(58(48-28-16-6-17-29-48)52-36-34-50(35-37-52)56(44-20-8-2-9-21-44)45-22-10-3-11-23-45)42-55(43)59(49-30-18-7-19-31-49)53-40-38-51(39-41-53)57(46-24-12-4-13-25-46)47-26-14-5-15-27-47/h2-42H,1H3. The van der Waals surface area contributed by atoms with E-state index in [0.29, 0.717) is 0 Å². The van der Waals surface area contributed by atoms with Crippen molar-refractivity contribution in [1.29, 1.82) is 0 Å². The molecule has 0 aliphatic rings. The van der Waals surface area contributed by atoms with Gasteiger partial charge in [-0.25, -0.2) is 0 Å². The molecule has 9 aromatic carbocycles. The van der Waals surface area contributed by atoms with Crippen LogP contribution >= 0.6 is 0 Å². The first-order valence-corrected chi connectivity index (χ1v) is 20.0. The third-order valence-corrected chi connectivity index (χ3v) is 10.5. The zero-order chi connectivity index (χ0) is 39.8. The van der Waals surface area contributed by atoms with Gasteiger partial charge in [0.1, 0.15) is 0 Å². The summed E-state index contributed by atoms with van der Waals surface area (Å²) in [7, 11) is 0. The molecule has 59 heavy (non-hydrogen) atoms. The molecule has 0 saturated heterocycles. The minimum atomic E-state index is 1.06. The minimum Gasteiger partial charge on any atom is -0.311 e. The van der Waals surface area contributed by atoms with Crippen LogP contribution in [0, 0.1) is 6.92 Å². The first-order valence-electron chi connectivity index (χ1n) is 20.0. The molecular formula is C55H44N4. The van der Waals surface area contributed by atoms with Gasteiger partial charge in [-0.1, -0.05) is 115 Å². The molecule has 0 aliphatic carbocycles. The van der Waals surface area contributed by atoms with Gasteiger partial charge in [0.25, 0.3) is 0 Å². The largest absolute Gasteiger partial charge is 0.311 e. The van der Waals surface area contributed by atoms with Crippen molar-refractivity contribution < 1.29 is 0 Å². The van der Waals surface area contributed by atoms with Gasteiger partial charge in [-0.05, 0) is 146 Å². The number of aryl methyl sites for hydroxylation is 1. The fraction of sp³-hybridized carbons (Fsp3) is 0.0182. The van der Waals surface area contributed by atoms with E-state index in [-0.39, 0.29) is 0 Å². The lowest BCUT2D eigenvalue weighted by atomic mass is 10.1. The lowest BCUT2D eigenvalue weighted by Gasteiger charge is -2.31. The number of anilines is 12. The van der Waals surface area contributed by atoms with Gasteiger partial charge in [-0.3, -0.25) is 0 Å². The Kier molecular flexibility index (Phi) is 10.7. The highest BCUT2D eigenvalue weighted by atomic mass is 15.2. The van der Waals surface area contributed by atoms with Crippen LogP contribution < -0.4 is 19.6 Å². The fourth-order valence-corrected chi connectivity index (χ4v) is 7.71. The Morgan fingerprint density at radius 2 is 0.407 bits per heavy atom. The molecule has 4 nitrogen and oxygen atoms in total. The van der Waals surface area contributed by atoms with Crippen molar-refractivity contribution >= 4 is 68.2 Å². The molecule has 0 heterocycles. The van der Waals surface area contributed by atoms with Crippen LogP contribution in [-0.4, -0.2) is 0 Å². The van der Waals surface area contributed by atoms with Crippen molar-refractivity contribution in [3.05, 3.63) is 254 Å². The van der Waals surface area contributed by atoms with Crippen molar-refractivity contribution in [2.24, 2.45) is 0 Å². The lowest BCUT2D eigenvalue weighted by molar-refractivity contribution is 1.22. The summed E-state index contributed by atoms with van der Waals surface area (Å²) in [4.78, 5) is 9.29. The van der Waals surface area contributed by atoms with Crippen LogP contribution in [0.25, 0.3) is 0 Å². The number of hydrogen-bond donors (Lipinski definition) is 0. The maximum atomic E-state index is 2.36.